The molecule has 0 spiro atoms. The van der Waals surface area contributed by atoms with E-state index in [1.165, 1.54) is 36.5 Å². The van der Waals surface area contributed by atoms with Gasteiger partial charge in [0.1, 0.15) is 22.7 Å². The molecule has 12 nitrogen and oxygen atoms in total. The molecule has 2 aromatic carbocycles. The fraction of sp³-hybridized carbons (Fsp3) is 0.333. The Labute approximate surface area is 282 Å². The summed E-state index contributed by atoms with van der Waals surface area (Å²) in [4.78, 5) is 40.6. The number of isothiocyanates is 1. The van der Waals surface area contributed by atoms with Gasteiger partial charge in [-0.25, -0.2) is 32.4 Å². The van der Waals surface area contributed by atoms with Gasteiger partial charge in [0.25, 0.3) is 0 Å². The molecule has 4 rings (SSSR count). The molecule has 2 heterocycles. The number of hydrogen-bond donors (Lipinski definition) is 0. The number of rotatable bonds is 7. The van der Waals surface area contributed by atoms with E-state index in [0.29, 0.717) is 10.5 Å². The fourth-order valence-electron chi connectivity index (χ4n) is 4.15. The predicted octanol–water partition coefficient (Wildman–Crippen LogP) is 8.20. The number of aromatic nitrogens is 3. The summed E-state index contributed by atoms with van der Waals surface area (Å²) >= 11 is 4.59. The highest BCUT2D eigenvalue weighted by Crippen LogP contribution is 2.35. The van der Waals surface area contributed by atoms with Crippen molar-refractivity contribution in [2.24, 2.45) is 4.99 Å². The SMILES string of the molecule is CC(C)S(=O)(=O)c1ccc(-c2cnc(N(C(=O)OC(C)(C)C)C(=O)OC(C)(C)C)c(-c3cc(-c4ccc(N=C=S)cc4F)no3)n2)cc1. The molecule has 0 saturated carbocycles. The number of aliphatic imine (C=N–C) groups is 1. The molecule has 0 N–H and O–H groups in total. The largest absolute Gasteiger partial charge is 0.443 e. The van der Waals surface area contributed by atoms with Crippen LogP contribution in [0.15, 0.2) is 69.1 Å². The highest BCUT2D eigenvalue weighted by atomic mass is 32.2. The molecule has 0 atom stereocenters. The molecule has 0 unspecified atom stereocenters. The third kappa shape index (κ3) is 8.35. The van der Waals surface area contributed by atoms with Gasteiger partial charge in [0.15, 0.2) is 27.1 Å². The minimum Gasteiger partial charge on any atom is -0.443 e. The first kappa shape index (κ1) is 36.0. The molecule has 15 heteroatoms. The van der Waals surface area contributed by atoms with Crippen LogP contribution in [0.4, 0.5) is 25.5 Å². The van der Waals surface area contributed by atoms with E-state index in [9.17, 15) is 18.0 Å². The van der Waals surface area contributed by atoms with Gasteiger partial charge in [-0.05, 0) is 91.9 Å². The number of thiocarbonyl (C=S) groups is 1. The van der Waals surface area contributed by atoms with Gasteiger partial charge in [0.2, 0.25) is 0 Å². The van der Waals surface area contributed by atoms with Crippen molar-refractivity contribution in [3.05, 3.63) is 60.5 Å². The Hall–Kier alpha value is -4.85. The number of carbonyl (C=O) groups excluding carboxylic acids is 2. The first-order valence-corrected chi connectivity index (χ1v) is 16.6. The van der Waals surface area contributed by atoms with Gasteiger partial charge < -0.3 is 14.0 Å². The standard InChI is InChI=1S/C33H34FN5O7S2/c1-19(2)48(42,43)22-12-9-20(10-13-22)26-17-35-29(39(30(40)44-32(3,4)5)31(41)45-33(6,7)8)28(37-26)27-16-25(38-46-27)23-14-11-21(36-18-47)15-24(23)34/h9-17,19H,1-8H3. The molecule has 4 aromatic rings. The molecular formula is C33H34FN5O7S2. The maximum Gasteiger partial charge on any atom is 0.425 e. The lowest BCUT2D eigenvalue weighted by atomic mass is 10.1. The Kier molecular flexibility index (Phi) is 10.3. The summed E-state index contributed by atoms with van der Waals surface area (Å²) in [5, 5.41) is 5.54. The number of hydrogen-bond acceptors (Lipinski definition) is 12. The van der Waals surface area contributed by atoms with Crippen molar-refractivity contribution in [3.63, 3.8) is 0 Å². The van der Waals surface area contributed by atoms with Crippen molar-refractivity contribution in [2.45, 2.75) is 76.7 Å². The van der Waals surface area contributed by atoms with Gasteiger partial charge in [-0.2, -0.15) is 9.89 Å². The normalized spacial score (nSPS) is 12.0. The van der Waals surface area contributed by atoms with Crippen LogP contribution in [0.5, 0.6) is 0 Å². The van der Waals surface area contributed by atoms with Crippen LogP contribution >= 0.6 is 12.2 Å². The van der Waals surface area contributed by atoms with E-state index in [0.717, 1.165) is 6.07 Å². The smallest absolute Gasteiger partial charge is 0.425 e. The third-order valence-corrected chi connectivity index (χ3v) is 8.62. The highest BCUT2D eigenvalue weighted by molar-refractivity contribution is 7.92. The first-order valence-electron chi connectivity index (χ1n) is 14.6. The van der Waals surface area contributed by atoms with Gasteiger partial charge in [-0.1, -0.05) is 17.3 Å². The maximum absolute atomic E-state index is 15.1. The molecule has 0 radical (unpaired) electrons. The number of imide groups is 1. The molecule has 252 valence electrons. The number of benzene rings is 2. The molecular weight excluding hydrogens is 662 g/mol. The summed E-state index contributed by atoms with van der Waals surface area (Å²) < 4.78 is 57.0. The summed E-state index contributed by atoms with van der Waals surface area (Å²) in [5.74, 6) is -1.09. The van der Waals surface area contributed by atoms with Crippen molar-refractivity contribution in [3.8, 4) is 34.0 Å². The molecule has 2 amide bonds. The Bertz CT molecular complexity index is 1980. The Balaban J connectivity index is 1.92. The first-order chi connectivity index (χ1) is 22.3. The van der Waals surface area contributed by atoms with Gasteiger partial charge >= 0.3 is 12.2 Å². The van der Waals surface area contributed by atoms with Crippen LogP contribution in [0.25, 0.3) is 34.0 Å². The zero-order valence-electron chi connectivity index (χ0n) is 27.6. The van der Waals surface area contributed by atoms with E-state index < -0.39 is 44.3 Å². The van der Waals surface area contributed by atoms with E-state index in [1.807, 2.05) is 0 Å². The second-order valence-electron chi connectivity index (χ2n) is 12.8. The van der Waals surface area contributed by atoms with Gasteiger partial charge in [-0.3, -0.25) is 0 Å². The summed E-state index contributed by atoms with van der Waals surface area (Å²) in [6.07, 6.45) is -0.925. The Morgan fingerprint density at radius 3 is 2.08 bits per heavy atom. The van der Waals surface area contributed by atoms with Crippen molar-refractivity contribution in [1.82, 2.24) is 15.1 Å². The summed E-state index contributed by atoms with van der Waals surface area (Å²) in [6.45, 7) is 12.9. The van der Waals surface area contributed by atoms with E-state index in [2.05, 4.69) is 37.5 Å². The second kappa shape index (κ2) is 13.7. The minimum absolute atomic E-state index is 0.0528. The van der Waals surface area contributed by atoms with Crippen LogP contribution in [-0.2, 0) is 19.3 Å². The Morgan fingerprint density at radius 2 is 1.56 bits per heavy atom. The summed E-state index contributed by atoms with van der Waals surface area (Å²) in [5.41, 5.74) is -1.14. The van der Waals surface area contributed by atoms with Crippen LogP contribution in [0.1, 0.15) is 55.4 Å². The van der Waals surface area contributed by atoms with Crippen molar-refractivity contribution >= 4 is 50.9 Å². The molecule has 0 bridgehead atoms. The van der Waals surface area contributed by atoms with Crippen molar-refractivity contribution < 1.29 is 36.4 Å². The lowest BCUT2D eigenvalue weighted by Gasteiger charge is -2.28. The van der Waals surface area contributed by atoms with E-state index in [1.54, 1.807) is 67.5 Å². The molecule has 0 fully saturated rings. The number of sulfone groups is 1. The van der Waals surface area contributed by atoms with Crippen molar-refractivity contribution in [1.29, 1.82) is 0 Å². The maximum atomic E-state index is 15.1. The van der Waals surface area contributed by atoms with Crippen LogP contribution in [-0.4, -0.2) is 57.3 Å². The topological polar surface area (TPSA) is 154 Å². The number of halogens is 1. The zero-order chi connectivity index (χ0) is 35.6. The van der Waals surface area contributed by atoms with Crippen molar-refractivity contribution in [2.75, 3.05) is 4.90 Å². The summed E-state index contributed by atoms with van der Waals surface area (Å²) in [6, 6.07) is 11.4. The minimum atomic E-state index is -3.54. The Morgan fingerprint density at radius 1 is 0.958 bits per heavy atom. The number of anilines is 1. The van der Waals surface area contributed by atoms with Gasteiger partial charge in [-0.15, -0.1) is 0 Å². The average molecular weight is 696 g/mol. The van der Waals surface area contributed by atoms with Crippen LogP contribution < -0.4 is 4.90 Å². The van der Waals surface area contributed by atoms with E-state index >= 15 is 4.39 Å². The summed E-state index contributed by atoms with van der Waals surface area (Å²) in [7, 11) is -3.54. The zero-order valence-corrected chi connectivity index (χ0v) is 29.2. The lowest BCUT2D eigenvalue weighted by Crippen LogP contribution is -2.44. The molecule has 0 aliphatic rings. The molecule has 2 aromatic heterocycles. The van der Waals surface area contributed by atoms with Crippen LogP contribution in [0.2, 0.25) is 0 Å². The number of amides is 2. The number of nitrogens with zero attached hydrogens (tertiary/aromatic N) is 5. The molecule has 48 heavy (non-hydrogen) atoms. The van der Waals surface area contributed by atoms with Gasteiger partial charge in [0, 0.05) is 23.3 Å². The quantitative estimate of drug-likeness (QED) is 0.136. The second-order valence-corrected chi connectivity index (χ2v) is 15.5. The van der Waals surface area contributed by atoms with E-state index in [-0.39, 0.29) is 44.8 Å². The van der Waals surface area contributed by atoms with Crippen LogP contribution in [0, 0.1) is 5.82 Å². The van der Waals surface area contributed by atoms with E-state index in [4.69, 9.17) is 14.0 Å². The van der Waals surface area contributed by atoms with Gasteiger partial charge in [0.05, 0.1) is 32.9 Å². The highest BCUT2D eigenvalue weighted by Gasteiger charge is 2.37. The van der Waals surface area contributed by atoms with Crippen LogP contribution in [0.3, 0.4) is 0 Å². The molecule has 0 aliphatic heterocycles. The molecule has 0 saturated heterocycles. The number of ether oxygens (including phenoxy) is 2. The number of carbonyl (C=O) groups is 2. The fourth-order valence-corrected chi connectivity index (χ4v) is 5.31. The predicted molar refractivity (Wildman–Crippen MR) is 180 cm³/mol. The lowest BCUT2D eigenvalue weighted by molar-refractivity contribution is 0.0429. The molecule has 0 aliphatic carbocycles. The average Bonchev–Trinajstić information content (AvgIpc) is 3.45. The monoisotopic (exact) mass is 695 g/mol. The third-order valence-electron chi connectivity index (χ3n) is 6.36.